The summed E-state index contributed by atoms with van der Waals surface area (Å²) in [5.41, 5.74) is 0.629. The lowest BCUT2D eigenvalue weighted by Gasteiger charge is -2.20. The van der Waals surface area contributed by atoms with Crippen LogP contribution in [0.5, 0.6) is 0 Å². The summed E-state index contributed by atoms with van der Waals surface area (Å²) in [4.78, 5) is 0. The Morgan fingerprint density at radius 3 is 2.50 bits per heavy atom. The molecule has 0 amide bonds. The topological polar surface area (TPSA) is 32.3 Å². The van der Waals surface area contributed by atoms with E-state index in [1.54, 1.807) is 0 Å². The number of aliphatic hydroxyl groups is 1. The molecule has 2 N–H and O–H groups in total. The van der Waals surface area contributed by atoms with Crippen LogP contribution in [0.2, 0.25) is 10.0 Å². The molecule has 0 radical (unpaired) electrons. The van der Waals surface area contributed by atoms with Crippen molar-refractivity contribution in [3.63, 3.8) is 0 Å². The van der Waals surface area contributed by atoms with Gasteiger partial charge in [-0.1, -0.05) is 23.2 Å². The number of nitrogens with one attached hydrogen (secondary N) is 1. The van der Waals surface area contributed by atoms with Gasteiger partial charge in [-0.3, -0.25) is 0 Å². The molecule has 0 heterocycles. The average molecular weight is 266 g/mol. The van der Waals surface area contributed by atoms with Crippen LogP contribution in [0.15, 0.2) is 12.1 Å². The lowest BCUT2D eigenvalue weighted by Crippen LogP contribution is -2.31. The fraction of sp³-hybridized carbons (Fsp3) is 0.455. The third kappa shape index (κ3) is 3.32. The summed E-state index contributed by atoms with van der Waals surface area (Å²) in [6, 6.07) is 2.47. The Hall–Kier alpha value is -0.350. The van der Waals surface area contributed by atoms with E-state index >= 15 is 0 Å². The van der Waals surface area contributed by atoms with E-state index in [4.69, 9.17) is 28.3 Å². The first-order chi connectivity index (χ1) is 7.45. The molecule has 0 bridgehead atoms. The van der Waals surface area contributed by atoms with Gasteiger partial charge in [0.05, 0.1) is 11.6 Å². The molecule has 1 aromatic rings. The number of hydrogen-bond acceptors (Lipinski definition) is 2. The maximum Gasteiger partial charge on any atom is 0.142 e. The van der Waals surface area contributed by atoms with Gasteiger partial charge in [0.2, 0.25) is 0 Å². The van der Waals surface area contributed by atoms with Crippen LogP contribution in [0.4, 0.5) is 4.39 Å². The molecule has 0 aromatic heterocycles. The van der Waals surface area contributed by atoms with Crippen molar-refractivity contribution >= 4 is 23.2 Å². The van der Waals surface area contributed by atoms with Crippen molar-refractivity contribution in [1.29, 1.82) is 0 Å². The molecule has 90 valence electrons. The third-order valence-corrected chi connectivity index (χ3v) is 2.93. The first kappa shape index (κ1) is 13.7. The molecule has 1 unspecified atom stereocenters. The maximum absolute atomic E-state index is 13.3. The molecule has 1 aromatic carbocycles. The van der Waals surface area contributed by atoms with Crippen molar-refractivity contribution in [2.24, 2.45) is 0 Å². The molecule has 2 nitrogen and oxygen atoms in total. The third-order valence-electron chi connectivity index (χ3n) is 2.31. The summed E-state index contributed by atoms with van der Waals surface area (Å²) in [5.74, 6) is -0.494. The number of halogens is 3. The van der Waals surface area contributed by atoms with Gasteiger partial charge < -0.3 is 10.4 Å². The largest absolute Gasteiger partial charge is 0.395 e. The highest BCUT2D eigenvalue weighted by Crippen LogP contribution is 2.28. The zero-order valence-electron chi connectivity index (χ0n) is 9.10. The van der Waals surface area contributed by atoms with Crippen LogP contribution in [0.25, 0.3) is 0 Å². The van der Waals surface area contributed by atoms with Crippen LogP contribution in [-0.4, -0.2) is 17.8 Å². The standard InChI is InChI=1S/C11H14Cl2FNO/c1-6(5-16)15-7(2)8-3-11(14)10(13)4-9(8)12/h3-4,6-7,15-16H,5H2,1-2H3/t6-,7?/m0/s1. The van der Waals surface area contributed by atoms with Gasteiger partial charge in [0.25, 0.3) is 0 Å². The normalized spacial score (nSPS) is 14.9. The molecule has 0 aliphatic rings. The molecule has 0 saturated heterocycles. The van der Waals surface area contributed by atoms with Gasteiger partial charge in [0.15, 0.2) is 0 Å². The van der Waals surface area contributed by atoms with Crippen molar-refractivity contribution in [2.45, 2.75) is 25.9 Å². The molecule has 0 fully saturated rings. The smallest absolute Gasteiger partial charge is 0.142 e. The van der Waals surface area contributed by atoms with Crippen LogP contribution in [0.1, 0.15) is 25.5 Å². The summed E-state index contributed by atoms with van der Waals surface area (Å²) in [6.07, 6.45) is 0. The fourth-order valence-electron chi connectivity index (χ4n) is 1.44. The highest BCUT2D eigenvalue weighted by Gasteiger charge is 2.14. The SMILES string of the molecule is CC(N[C@@H](C)CO)c1cc(F)c(Cl)cc1Cl. The molecule has 5 heteroatoms. The molecular weight excluding hydrogens is 252 g/mol. The van der Waals surface area contributed by atoms with Crippen molar-refractivity contribution < 1.29 is 9.50 Å². The Bertz CT molecular complexity index is 373. The van der Waals surface area contributed by atoms with Gasteiger partial charge in [-0.05, 0) is 31.5 Å². The number of rotatable bonds is 4. The Balaban J connectivity index is 2.91. The second-order valence-corrected chi connectivity index (χ2v) is 4.57. The van der Waals surface area contributed by atoms with Crippen molar-refractivity contribution in [3.8, 4) is 0 Å². The van der Waals surface area contributed by atoms with Gasteiger partial charge in [0.1, 0.15) is 5.82 Å². The quantitative estimate of drug-likeness (QED) is 0.820. The summed E-state index contributed by atoms with van der Waals surface area (Å²) in [6.45, 7) is 3.69. The second-order valence-electron chi connectivity index (χ2n) is 3.76. The first-order valence-corrected chi connectivity index (χ1v) is 5.72. The average Bonchev–Trinajstić information content (AvgIpc) is 2.23. The van der Waals surface area contributed by atoms with Crippen LogP contribution in [-0.2, 0) is 0 Å². The van der Waals surface area contributed by atoms with Crippen molar-refractivity contribution in [2.75, 3.05) is 6.61 Å². The fourth-order valence-corrected chi connectivity index (χ4v) is 1.99. The van der Waals surface area contributed by atoms with E-state index in [0.717, 1.165) is 0 Å². The second kappa shape index (κ2) is 5.82. The molecular formula is C11H14Cl2FNO. The number of benzene rings is 1. The highest BCUT2D eigenvalue weighted by molar-refractivity contribution is 6.35. The van der Waals surface area contributed by atoms with Crippen LogP contribution >= 0.6 is 23.2 Å². The summed E-state index contributed by atoms with van der Waals surface area (Å²) >= 11 is 11.6. The minimum absolute atomic E-state index is 0.0103. The summed E-state index contributed by atoms with van der Waals surface area (Å²) in [7, 11) is 0. The van der Waals surface area contributed by atoms with Crippen molar-refractivity contribution in [1.82, 2.24) is 5.32 Å². The zero-order chi connectivity index (χ0) is 12.3. The molecule has 2 atom stereocenters. The summed E-state index contributed by atoms with van der Waals surface area (Å²) < 4.78 is 13.3. The van der Waals surface area contributed by atoms with Gasteiger partial charge in [-0.2, -0.15) is 0 Å². The van der Waals surface area contributed by atoms with Crippen LogP contribution in [0.3, 0.4) is 0 Å². The van der Waals surface area contributed by atoms with E-state index in [1.165, 1.54) is 12.1 Å². The predicted molar refractivity (Wildman–Crippen MR) is 64.5 cm³/mol. The molecule has 0 aliphatic heterocycles. The Kier molecular flexibility index (Phi) is 4.99. The molecule has 16 heavy (non-hydrogen) atoms. The van der Waals surface area contributed by atoms with Crippen LogP contribution in [0, 0.1) is 5.82 Å². The molecule has 0 aliphatic carbocycles. The van der Waals surface area contributed by atoms with E-state index in [0.29, 0.717) is 10.6 Å². The molecule has 0 spiro atoms. The maximum atomic E-state index is 13.3. The van der Waals surface area contributed by atoms with E-state index in [2.05, 4.69) is 5.32 Å². The summed E-state index contributed by atoms with van der Waals surface area (Å²) in [5, 5.41) is 12.4. The zero-order valence-corrected chi connectivity index (χ0v) is 10.6. The minimum atomic E-state index is -0.494. The number of hydrogen-bond donors (Lipinski definition) is 2. The van der Waals surface area contributed by atoms with Gasteiger partial charge in [0, 0.05) is 17.1 Å². The Morgan fingerprint density at radius 1 is 1.31 bits per heavy atom. The predicted octanol–water partition coefficient (Wildman–Crippen LogP) is 3.16. The van der Waals surface area contributed by atoms with E-state index in [-0.39, 0.29) is 23.7 Å². The Labute approximate surface area is 104 Å². The lowest BCUT2D eigenvalue weighted by atomic mass is 10.1. The minimum Gasteiger partial charge on any atom is -0.395 e. The van der Waals surface area contributed by atoms with E-state index in [1.807, 2.05) is 13.8 Å². The van der Waals surface area contributed by atoms with Crippen LogP contribution < -0.4 is 5.32 Å². The number of aliphatic hydroxyl groups excluding tert-OH is 1. The van der Waals surface area contributed by atoms with Crippen molar-refractivity contribution in [3.05, 3.63) is 33.6 Å². The Morgan fingerprint density at radius 2 is 1.94 bits per heavy atom. The lowest BCUT2D eigenvalue weighted by molar-refractivity contribution is 0.243. The molecule has 1 rings (SSSR count). The monoisotopic (exact) mass is 265 g/mol. The molecule has 0 saturated carbocycles. The highest BCUT2D eigenvalue weighted by atomic mass is 35.5. The first-order valence-electron chi connectivity index (χ1n) is 4.97. The van der Waals surface area contributed by atoms with E-state index in [9.17, 15) is 4.39 Å². The van der Waals surface area contributed by atoms with Gasteiger partial charge in [-0.25, -0.2) is 4.39 Å². The van der Waals surface area contributed by atoms with Gasteiger partial charge in [-0.15, -0.1) is 0 Å². The van der Waals surface area contributed by atoms with Gasteiger partial charge >= 0.3 is 0 Å². The van der Waals surface area contributed by atoms with E-state index < -0.39 is 5.82 Å².